The fourth-order valence-corrected chi connectivity index (χ4v) is 3.37. The summed E-state index contributed by atoms with van der Waals surface area (Å²) < 4.78 is 14.2. The highest BCUT2D eigenvalue weighted by Gasteiger charge is 2.12. The van der Waals surface area contributed by atoms with Crippen LogP contribution in [0.2, 0.25) is 0 Å². The van der Waals surface area contributed by atoms with Gasteiger partial charge in [-0.05, 0) is 42.8 Å². The highest BCUT2D eigenvalue weighted by molar-refractivity contribution is 7.16. The topological polar surface area (TPSA) is 76.4 Å². The van der Waals surface area contributed by atoms with Crippen molar-refractivity contribution in [3.05, 3.63) is 74.8 Å². The molecule has 6 nitrogen and oxygen atoms in total. The largest absolute Gasteiger partial charge is 0.348 e. The number of rotatable bonds is 3. The lowest BCUT2D eigenvalue weighted by Gasteiger charge is -2.06. The van der Waals surface area contributed by atoms with Gasteiger partial charge in [-0.1, -0.05) is 23.5 Å². The first-order valence-electron chi connectivity index (χ1n) is 7.84. The molecule has 0 radical (unpaired) electrons. The number of hydrogen-bond donors (Lipinski definition) is 1. The number of nitrogens with zero attached hydrogens (tertiary/aromatic N) is 3. The van der Waals surface area contributed by atoms with Crippen LogP contribution in [0.5, 0.6) is 0 Å². The molecule has 130 valence electrons. The van der Waals surface area contributed by atoms with Gasteiger partial charge in [-0.25, -0.2) is 9.37 Å². The molecule has 4 aromatic rings. The molecular weight excluding hydrogens is 355 g/mol. The zero-order valence-corrected chi connectivity index (χ0v) is 14.5. The van der Waals surface area contributed by atoms with Gasteiger partial charge in [0, 0.05) is 12.1 Å². The normalized spacial score (nSPS) is 11.2. The number of nitrogens with one attached hydrogen (secondary N) is 1. The smallest absolute Gasteiger partial charge is 0.283 e. The van der Waals surface area contributed by atoms with Crippen LogP contribution in [0.25, 0.3) is 15.9 Å². The van der Waals surface area contributed by atoms with Crippen molar-refractivity contribution in [1.29, 1.82) is 0 Å². The second kappa shape index (κ2) is 6.30. The van der Waals surface area contributed by atoms with E-state index in [9.17, 15) is 14.0 Å². The Bertz CT molecular complexity index is 1200. The van der Waals surface area contributed by atoms with Crippen molar-refractivity contribution in [1.82, 2.24) is 19.9 Å². The summed E-state index contributed by atoms with van der Waals surface area (Å²) in [5, 5.41) is 8.06. The lowest BCUT2D eigenvalue weighted by molar-refractivity contribution is 0.0951. The maximum Gasteiger partial charge on any atom is 0.283 e. The summed E-state index contributed by atoms with van der Waals surface area (Å²) in [6.07, 6.45) is 0. The molecule has 0 atom stereocenters. The van der Waals surface area contributed by atoms with Crippen molar-refractivity contribution >= 4 is 33.1 Å². The van der Waals surface area contributed by atoms with Gasteiger partial charge < -0.3 is 5.32 Å². The Morgan fingerprint density at radius 2 is 2.00 bits per heavy atom. The Labute approximate surface area is 150 Å². The third-order valence-corrected chi connectivity index (χ3v) is 4.75. The van der Waals surface area contributed by atoms with E-state index in [4.69, 9.17) is 0 Å². The average Bonchev–Trinajstić information content (AvgIpc) is 3.01. The van der Waals surface area contributed by atoms with Gasteiger partial charge >= 0.3 is 0 Å². The lowest BCUT2D eigenvalue weighted by atomic mass is 10.1. The molecule has 2 heterocycles. The molecule has 0 saturated carbocycles. The van der Waals surface area contributed by atoms with Gasteiger partial charge in [0.15, 0.2) is 0 Å². The molecule has 4 rings (SSSR count). The molecule has 0 bridgehead atoms. The lowest BCUT2D eigenvalue weighted by Crippen LogP contribution is -2.23. The summed E-state index contributed by atoms with van der Waals surface area (Å²) in [6.45, 7) is 2.08. The molecule has 2 aromatic heterocycles. The molecule has 0 saturated heterocycles. The summed E-state index contributed by atoms with van der Waals surface area (Å²) in [5.74, 6) is -0.615. The first-order chi connectivity index (χ1) is 12.5. The Balaban J connectivity index is 1.63. The van der Waals surface area contributed by atoms with Crippen LogP contribution in [-0.2, 0) is 6.54 Å². The van der Waals surface area contributed by atoms with Crippen LogP contribution in [0, 0.1) is 12.7 Å². The molecule has 0 aliphatic heterocycles. The minimum absolute atomic E-state index is 0.257. The Hall–Kier alpha value is -3.13. The average molecular weight is 368 g/mol. The minimum atomic E-state index is -0.323. The molecule has 2 aromatic carbocycles. The van der Waals surface area contributed by atoms with Gasteiger partial charge in [-0.3, -0.25) is 9.59 Å². The van der Waals surface area contributed by atoms with Crippen LogP contribution in [0.15, 0.2) is 47.3 Å². The van der Waals surface area contributed by atoms with Gasteiger partial charge in [-0.2, -0.15) is 9.61 Å². The van der Waals surface area contributed by atoms with Crippen molar-refractivity contribution in [3.8, 4) is 0 Å². The predicted octanol–water partition coefficient (Wildman–Crippen LogP) is 2.68. The molecule has 8 heteroatoms. The molecule has 0 unspecified atom stereocenters. The SMILES string of the molecule is Cc1nn2c(=O)c3ccc(C(=O)NCc4ccc(F)cc4)cc3nc2s1. The number of fused-ring (bicyclic) bond motifs is 2. The Kier molecular flexibility index (Phi) is 3.96. The first kappa shape index (κ1) is 16.3. The fraction of sp³-hybridized carbons (Fsp3) is 0.111. The summed E-state index contributed by atoms with van der Waals surface area (Å²) in [7, 11) is 0. The first-order valence-corrected chi connectivity index (χ1v) is 8.66. The second-order valence-electron chi connectivity index (χ2n) is 5.77. The molecule has 0 spiro atoms. The van der Waals surface area contributed by atoms with E-state index in [0.717, 1.165) is 10.6 Å². The van der Waals surface area contributed by atoms with Gasteiger partial charge in [-0.15, -0.1) is 0 Å². The van der Waals surface area contributed by atoms with Crippen LogP contribution in [0.1, 0.15) is 20.9 Å². The number of halogens is 1. The standard InChI is InChI=1S/C18H13FN4O2S/c1-10-22-23-17(25)14-7-4-12(8-15(14)21-18(23)26-10)16(24)20-9-11-2-5-13(19)6-3-11/h2-8H,9H2,1H3,(H,20,24). The molecule has 0 aliphatic carbocycles. The molecular formula is C18H13FN4O2S. The van der Waals surface area contributed by atoms with E-state index in [1.54, 1.807) is 37.3 Å². The number of benzene rings is 2. The van der Waals surface area contributed by atoms with E-state index < -0.39 is 0 Å². The summed E-state index contributed by atoms with van der Waals surface area (Å²) in [5.41, 5.74) is 1.39. The van der Waals surface area contributed by atoms with Gasteiger partial charge in [0.05, 0.1) is 10.9 Å². The molecule has 26 heavy (non-hydrogen) atoms. The Morgan fingerprint density at radius 1 is 1.23 bits per heavy atom. The van der Waals surface area contributed by atoms with Gasteiger partial charge in [0.25, 0.3) is 11.5 Å². The third-order valence-electron chi connectivity index (χ3n) is 3.93. The molecule has 1 amide bonds. The number of hydrogen-bond acceptors (Lipinski definition) is 5. The van der Waals surface area contributed by atoms with E-state index in [-0.39, 0.29) is 23.8 Å². The number of aromatic nitrogens is 3. The molecule has 0 aliphatic rings. The monoisotopic (exact) mass is 368 g/mol. The van der Waals surface area contributed by atoms with E-state index in [1.807, 2.05) is 0 Å². The maximum atomic E-state index is 12.9. The van der Waals surface area contributed by atoms with Crippen molar-refractivity contribution in [2.75, 3.05) is 0 Å². The van der Waals surface area contributed by atoms with Crippen LogP contribution in [0.3, 0.4) is 0 Å². The minimum Gasteiger partial charge on any atom is -0.348 e. The molecule has 1 N–H and O–H groups in total. The van der Waals surface area contributed by atoms with E-state index in [1.165, 1.54) is 28.0 Å². The fourth-order valence-electron chi connectivity index (χ4n) is 2.63. The van der Waals surface area contributed by atoms with E-state index in [2.05, 4.69) is 15.4 Å². The molecule has 0 fully saturated rings. The van der Waals surface area contributed by atoms with Crippen LogP contribution >= 0.6 is 11.3 Å². The maximum absolute atomic E-state index is 12.9. The van der Waals surface area contributed by atoms with E-state index >= 15 is 0 Å². The highest BCUT2D eigenvalue weighted by Crippen LogP contribution is 2.16. The van der Waals surface area contributed by atoms with Crippen molar-refractivity contribution in [2.24, 2.45) is 0 Å². The summed E-state index contributed by atoms with van der Waals surface area (Å²) in [4.78, 5) is 29.7. The highest BCUT2D eigenvalue weighted by atomic mass is 32.1. The zero-order valence-electron chi connectivity index (χ0n) is 13.7. The summed E-state index contributed by atoms with van der Waals surface area (Å²) >= 11 is 1.31. The van der Waals surface area contributed by atoms with Gasteiger partial charge in [0.1, 0.15) is 10.8 Å². The Morgan fingerprint density at radius 3 is 2.77 bits per heavy atom. The predicted molar refractivity (Wildman–Crippen MR) is 96.9 cm³/mol. The van der Waals surface area contributed by atoms with Crippen molar-refractivity contribution in [3.63, 3.8) is 0 Å². The number of amides is 1. The zero-order chi connectivity index (χ0) is 18.3. The summed E-state index contributed by atoms with van der Waals surface area (Å²) in [6, 6.07) is 10.7. The van der Waals surface area contributed by atoms with Gasteiger partial charge in [0.2, 0.25) is 4.96 Å². The number of carbonyl (C=O) groups excluding carboxylic acids is 1. The van der Waals surface area contributed by atoms with Crippen LogP contribution < -0.4 is 10.9 Å². The van der Waals surface area contributed by atoms with Crippen LogP contribution in [-0.4, -0.2) is 20.5 Å². The third kappa shape index (κ3) is 2.95. The quantitative estimate of drug-likeness (QED) is 0.603. The van der Waals surface area contributed by atoms with Crippen LogP contribution in [0.4, 0.5) is 4.39 Å². The van der Waals surface area contributed by atoms with Crippen molar-refractivity contribution in [2.45, 2.75) is 13.5 Å². The van der Waals surface area contributed by atoms with Crippen molar-refractivity contribution < 1.29 is 9.18 Å². The van der Waals surface area contributed by atoms with E-state index in [0.29, 0.717) is 21.4 Å². The number of aryl methyl sites for hydroxylation is 1. The number of carbonyl (C=O) groups is 1. The second-order valence-corrected chi connectivity index (χ2v) is 6.93.